The number of benzene rings is 1. The Morgan fingerprint density at radius 1 is 1.08 bits per heavy atom. The lowest BCUT2D eigenvalue weighted by atomic mass is 10.0. The van der Waals surface area contributed by atoms with E-state index in [1.54, 1.807) is 18.4 Å². The van der Waals surface area contributed by atoms with Crippen molar-refractivity contribution in [2.45, 2.75) is 12.4 Å². The first-order chi connectivity index (χ1) is 11.0. The van der Waals surface area contributed by atoms with Gasteiger partial charge in [-0.05, 0) is 29.8 Å². The van der Waals surface area contributed by atoms with Crippen LogP contribution in [0.15, 0.2) is 47.1 Å². The van der Waals surface area contributed by atoms with Crippen molar-refractivity contribution in [1.82, 2.24) is 10.2 Å². The second kappa shape index (κ2) is 7.92. The minimum Gasteiger partial charge on any atom is -0.467 e. The van der Waals surface area contributed by atoms with Gasteiger partial charge in [-0.2, -0.15) is 0 Å². The van der Waals surface area contributed by atoms with Crippen LogP contribution in [0, 0.1) is 0 Å². The van der Waals surface area contributed by atoms with E-state index in [-0.39, 0.29) is 24.2 Å². The summed E-state index contributed by atoms with van der Waals surface area (Å²) in [6.45, 7) is 3.41. The molecule has 1 aromatic heterocycles. The fraction of sp³-hybridized carbons (Fsp3) is 0.375. The predicted molar refractivity (Wildman–Crippen MR) is 85.4 cm³/mol. The molecule has 2 heterocycles. The number of hydrogen-bond donors (Lipinski definition) is 1. The molecule has 0 radical (unpaired) electrons. The number of nitrogens with one attached hydrogen (secondary N) is 1. The highest BCUT2D eigenvalue weighted by Gasteiger charge is 2.31. The highest BCUT2D eigenvalue weighted by molar-refractivity contribution is 5.85. The van der Waals surface area contributed by atoms with Gasteiger partial charge in [0.15, 0.2) is 0 Å². The molecular formula is C16H18ClF3N2O2. The lowest BCUT2D eigenvalue weighted by Gasteiger charge is -2.34. The molecule has 2 aromatic rings. The lowest BCUT2D eigenvalue weighted by Crippen LogP contribution is -2.45. The zero-order valence-corrected chi connectivity index (χ0v) is 13.6. The third kappa shape index (κ3) is 4.66. The summed E-state index contributed by atoms with van der Waals surface area (Å²) in [6, 6.07) is 9.54. The van der Waals surface area contributed by atoms with Crippen LogP contribution in [0.25, 0.3) is 0 Å². The number of hydrogen-bond acceptors (Lipinski definition) is 4. The van der Waals surface area contributed by atoms with Crippen molar-refractivity contribution in [1.29, 1.82) is 0 Å². The Morgan fingerprint density at radius 3 is 2.29 bits per heavy atom. The van der Waals surface area contributed by atoms with Crippen molar-refractivity contribution >= 4 is 12.4 Å². The lowest BCUT2D eigenvalue weighted by molar-refractivity contribution is -0.274. The van der Waals surface area contributed by atoms with E-state index in [0.29, 0.717) is 0 Å². The third-order valence-electron chi connectivity index (χ3n) is 3.76. The zero-order valence-electron chi connectivity index (χ0n) is 12.8. The molecule has 1 aliphatic rings. The highest BCUT2D eigenvalue weighted by Crippen LogP contribution is 2.31. The number of nitrogens with zero attached hydrogens (tertiary/aromatic N) is 1. The van der Waals surface area contributed by atoms with Crippen molar-refractivity contribution in [3.05, 3.63) is 54.0 Å². The number of furan rings is 1. The normalized spacial score (nSPS) is 17.1. The summed E-state index contributed by atoms with van der Waals surface area (Å²) in [6.07, 6.45) is -3.08. The van der Waals surface area contributed by atoms with Crippen molar-refractivity contribution in [2.24, 2.45) is 0 Å². The summed E-state index contributed by atoms with van der Waals surface area (Å²) in [7, 11) is 0. The molecule has 3 rings (SSSR count). The minimum absolute atomic E-state index is 0. The third-order valence-corrected chi connectivity index (χ3v) is 3.76. The molecular weight excluding hydrogens is 345 g/mol. The van der Waals surface area contributed by atoms with Gasteiger partial charge in [0.05, 0.1) is 12.3 Å². The van der Waals surface area contributed by atoms with Gasteiger partial charge >= 0.3 is 6.36 Å². The minimum atomic E-state index is -4.68. The molecule has 0 spiro atoms. The number of alkyl halides is 3. The molecule has 8 heteroatoms. The van der Waals surface area contributed by atoms with E-state index >= 15 is 0 Å². The average Bonchev–Trinajstić information content (AvgIpc) is 3.03. The van der Waals surface area contributed by atoms with Crippen LogP contribution in [-0.2, 0) is 0 Å². The number of ether oxygens (including phenoxy) is 1. The van der Waals surface area contributed by atoms with Crippen molar-refractivity contribution < 1.29 is 22.3 Å². The molecule has 1 atom stereocenters. The molecule has 4 nitrogen and oxygen atoms in total. The molecule has 132 valence electrons. The molecule has 24 heavy (non-hydrogen) atoms. The van der Waals surface area contributed by atoms with E-state index in [2.05, 4.69) is 15.0 Å². The maximum absolute atomic E-state index is 12.3. The van der Waals surface area contributed by atoms with Crippen molar-refractivity contribution in [3.8, 4) is 5.75 Å². The van der Waals surface area contributed by atoms with Crippen LogP contribution in [-0.4, -0.2) is 37.4 Å². The van der Waals surface area contributed by atoms with E-state index in [4.69, 9.17) is 4.42 Å². The van der Waals surface area contributed by atoms with E-state index < -0.39 is 6.36 Å². The summed E-state index contributed by atoms with van der Waals surface area (Å²) < 4.78 is 46.3. The maximum atomic E-state index is 12.3. The van der Waals surface area contributed by atoms with Crippen LogP contribution in [0.5, 0.6) is 5.75 Å². The Morgan fingerprint density at radius 2 is 1.75 bits per heavy atom. The van der Waals surface area contributed by atoms with Gasteiger partial charge in [-0.3, -0.25) is 4.90 Å². The summed E-state index contributed by atoms with van der Waals surface area (Å²) >= 11 is 0. The Balaban J connectivity index is 0.00000208. The van der Waals surface area contributed by atoms with Gasteiger partial charge < -0.3 is 14.5 Å². The molecule has 1 aliphatic heterocycles. The molecule has 0 amide bonds. The number of halogens is 4. The van der Waals surface area contributed by atoms with Gasteiger partial charge in [-0.15, -0.1) is 25.6 Å². The largest absolute Gasteiger partial charge is 0.573 e. The predicted octanol–water partition coefficient (Wildman–Crippen LogP) is 3.59. The molecule has 1 fully saturated rings. The molecule has 0 bridgehead atoms. The average molecular weight is 363 g/mol. The summed E-state index contributed by atoms with van der Waals surface area (Å²) in [5.74, 6) is 0.552. The van der Waals surface area contributed by atoms with Crippen molar-refractivity contribution in [3.63, 3.8) is 0 Å². The number of piperazine rings is 1. The van der Waals surface area contributed by atoms with Crippen LogP contribution in [0.1, 0.15) is 17.4 Å². The maximum Gasteiger partial charge on any atom is 0.573 e. The van der Waals surface area contributed by atoms with Gasteiger partial charge in [0.1, 0.15) is 11.5 Å². The molecule has 1 N–H and O–H groups in total. The molecule has 1 saturated heterocycles. The van der Waals surface area contributed by atoms with Gasteiger partial charge in [0, 0.05) is 26.2 Å². The van der Waals surface area contributed by atoms with E-state index in [1.165, 1.54) is 12.1 Å². The SMILES string of the molecule is Cl.FC(F)(F)Oc1ccc([C@@H](c2ccco2)N2CCNCC2)cc1. The molecule has 0 aliphatic carbocycles. The fourth-order valence-corrected chi connectivity index (χ4v) is 2.79. The van der Waals surface area contributed by atoms with Gasteiger partial charge in [0.2, 0.25) is 0 Å². The molecule has 0 unspecified atom stereocenters. The van der Waals surface area contributed by atoms with Crippen LogP contribution >= 0.6 is 12.4 Å². The Kier molecular flexibility index (Phi) is 6.15. The fourth-order valence-electron chi connectivity index (χ4n) is 2.79. The van der Waals surface area contributed by atoms with Crippen LogP contribution in [0.3, 0.4) is 0 Å². The van der Waals surface area contributed by atoms with Gasteiger partial charge in [-0.25, -0.2) is 0 Å². The van der Waals surface area contributed by atoms with Crippen LogP contribution in [0.2, 0.25) is 0 Å². The quantitative estimate of drug-likeness (QED) is 0.902. The van der Waals surface area contributed by atoms with Crippen molar-refractivity contribution in [2.75, 3.05) is 26.2 Å². The Labute approximate surface area is 144 Å². The van der Waals surface area contributed by atoms with Gasteiger partial charge in [0.25, 0.3) is 0 Å². The second-order valence-corrected chi connectivity index (χ2v) is 5.32. The van der Waals surface area contributed by atoms with E-state index in [1.807, 2.05) is 12.1 Å². The highest BCUT2D eigenvalue weighted by atomic mass is 35.5. The summed E-state index contributed by atoms with van der Waals surface area (Å²) in [4.78, 5) is 2.24. The smallest absolute Gasteiger partial charge is 0.467 e. The van der Waals surface area contributed by atoms with Gasteiger partial charge in [-0.1, -0.05) is 12.1 Å². The Bertz CT molecular complexity index is 611. The first-order valence-electron chi connectivity index (χ1n) is 7.37. The monoisotopic (exact) mass is 362 g/mol. The Hall–Kier alpha value is -1.70. The first kappa shape index (κ1) is 18.6. The molecule has 1 aromatic carbocycles. The number of rotatable bonds is 4. The van der Waals surface area contributed by atoms with Crippen LogP contribution in [0.4, 0.5) is 13.2 Å². The second-order valence-electron chi connectivity index (χ2n) is 5.32. The molecule has 0 saturated carbocycles. The summed E-state index contributed by atoms with van der Waals surface area (Å²) in [5.41, 5.74) is 0.872. The first-order valence-corrected chi connectivity index (χ1v) is 7.37. The van der Waals surface area contributed by atoms with E-state index in [0.717, 1.165) is 37.5 Å². The van der Waals surface area contributed by atoms with Crippen LogP contribution < -0.4 is 10.1 Å². The standard InChI is InChI=1S/C16H17F3N2O2.ClH/c17-16(18,19)23-13-5-3-12(4-6-13)15(14-2-1-11-22-14)21-9-7-20-8-10-21;/h1-6,11,15,20H,7-10H2;1H/t15-;/m0./s1. The zero-order chi connectivity index (χ0) is 16.3. The van der Waals surface area contributed by atoms with E-state index in [9.17, 15) is 13.2 Å². The topological polar surface area (TPSA) is 37.6 Å². The summed E-state index contributed by atoms with van der Waals surface area (Å²) in [5, 5.41) is 3.28.